The lowest BCUT2D eigenvalue weighted by Gasteiger charge is -2.27. The summed E-state index contributed by atoms with van der Waals surface area (Å²) in [6.45, 7) is 4.85. The van der Waals surface area contributed by atoms with E-state index in [0.717, 1.165) is 12.8 Å². The highest BCUT2D eigenvalue weighted by molar-refractivity contribution is 5.95. The molecule has 1 aromatic rings. The third kappa shape index (κ3) is 4.05. The van der Waals surface area contributed by atoms with Crippen LogP contribution in [0.5, 0.6) is 0 Å². The Hall–Kier alpha value is -1.86. The maximum absolute atomic E-state index is 14.0. The van der Waals surface area contributed by atoms with Gasteiger partial charge in [0.1, 0.15) is 5.82 Å². The molecule has 112 valence electrons. The number of hydrogen-bond acceptors (Lipinski definition) is 2. The van der Waals surface area contributed by atoms with E-state index in [1.807, 2.05) is 13.8 Å². The summed E-state index contributed by atoms with van der Waals surface area (Å²) >= 11 is 0. The third-order valence-corrected chi connectivity index (χ3v) is 3.57. The van der Waals surface area contributed by atoms with Gasteiger partial charge in [-0.15, -0.1) is 0 Å². The molecule has 1 aromatic carbocycles. The standard InChI is InChI=1S/C17H21FN2O/c1-12(2)20(11-14-5-6-14)17(21)15-10-13(4-3-9-19)7-8-16(15)18/h7-8,10,12,14H,5-6,9,11,19H2,1-2H3. The Morgan fingerprint density at radius 2 is 2.19 bits per heavy atom. The van der Waals surface area contributed by atoms with Gasteiger partial charge in [0.15, 0.2) is 0 Å². The third-order valence-electron chi connectivity index (χ3n) is 3.57. The highest BCUT2D eigenvalue weighted by Gasteiger charge is 2.29. The van der Waals surface area contributed by atoms with Crippen molar-refractivity contribution in [2.45, 2.75) is 32.7 Å². The van der Waals surface area contributed by atoms with E-state index in [-0.39, 0.29) is 24.1 Å². The number of nitrogens with two attached hydrogens (primary N) is 1. The van der Waals surface area contributed by atoms with Crippen LogP contribution in [0.4, 0.5) is 4.39 Å². The van der Waals surface area contributed by atoms with E-state index in [2.05, 4.69) is 11.8 Å². The summed E-state index contributed by atoms with van der Waals surface area (Å²) in [6, 6.07) is 4.43. The molecule has 0 radical (unpaired) electrons. The van der Waals surface area contributed by atoms with Gasteiger partial charge in [-0.25, -0.2) is 4.39 Å². The number of hydrogen-bond donors (Lipinski definition) is 1. The zero-order valence-electron chi connectivity index (χ0n) is 12.5. The highest BCUT2D eigenvalue weighted by Crippen LogP contribution is 2.31. The van der Waals surface area contributed by atoms with Crippen molar-refractivity contribution in [1.29, 1.82) is 0 Å². The zero-order valence-corrected chi connectivity index (χ0v) is 12.5. The molecule has 0 atom stereocenters. The molecular formula is C17H21FN2O. The first-order valence-electron chi connectivity index (χ1n) is 7.32. The van der Waals surface area contributed by atoms with E-state index < -0.39 is 5.82 Å². The molecule has 0 aliphatic heterocycles. The average Bonchev–Trinajstić information content (AvgIpc) is 3.27. The van der Waals surface area contributed by atoms with E-state index in [1.165, 1.54) is 12.1 Å². The predicted octanol–water partition coefficient (Wildman–Crippen LogP) is 2.40. The molecule has 1 saturated carbocycles. The second-order valence-corrected chi connectivity index (χ2v) is 5.70. The van der Waals surface area contributed by atoms with Gasteiger partial charge in [0.05, 0.1) is 12.1 Å². The van der Waals surface area contributed by atoms with Gasteiger partial charge in [-0.3, -0.25) is 4.79 Å². The second kappa shape index (κ2) is 6.73. The molecule has 0 spiro atoms. The number of amides is 1. The molecule has 1 aliphatic rings. The van der Waals surface area contributed by atoms with Crippen molar-refractivity contribution in [2.75, 3.05) is 13.1 Å². The number of nitrogens with zero attached hydrogens (tertiary/aromatic N) is 1. The van der Waals surface area contributed by atoms with Gasteiger partial charge < -0.3 is 10.6 Å². The molecule has 21 heavy (non-hydrogen) atoms. The Labute approximate surface area is 125 Å². The van der Waals surface area contributed by atoms with Crippen molar-refractivity contribution >= 4 is 5.91 Å². The molecule has 0 unspecified atom stereocenters. The van der Waals surface area contributed by atoms with E-state index in [9.17, 15) is 9.18 Å². The largest absolute Gasteiger partial charge is 0.336 e. The average molecular weight is 288 g/mol. The van der Waals surface area contributed by atoms with Crippen LogP contribution < -0.4 is 5.73 Å². The summed E-state index contributed by atoms with van der Waals surface area (Å²) in [4.78, 5) is 14.4. The minimum atomic E-state index is -0.500. The molecule has 4 heteroatoms. The van der Waals surface area contributed by atoms with Crippen molar-refractivity contribution in [1.82, 2.24) is 4.90 Å². The number of carbonyl (C=O) groups is 1. The Morgan fingerprint density at radius 1 is 1.48 bits per heavy atom. The van der Waals surface area contributed by atoms with Crippen LogP contribution in [0.2, 0.25) is 0 Å². The summed E-state index contributed by atoms with van der Waals surface area (Å²) in [5, 5.41) is 0. The van der Waals surface area contributed by atoms with Crippen LogP contribution in [0.25, 0.3) is 0 Å². The highest BCUT2D eigenvalue weighted by atomic mass is 19.1. The lowest BCUT2D eigenvalue weighted by molar-refractivity contribution is 0.0691. The lowest BCUT2D eigenvalue weighted by atomic mass is 10.1. The number of rotatable bonds is 4. The van der Waals surface area contributed by atoms with Crippen molar-refractivity contribution < 1.29 is 9.18 Å². The van der Waals surface area contributed by atoms with Gasteiger partial charge in [-0.2, -0.15) is 0 Å². The molecule has 0 aromatic heterocycles. The zero-order chi connectivity index (χ0) is 15.4. The summed E-state index contributed by atoms with van der Waals surface area (Å²) in [5.74, 6) is 5.36. The Kier molecular flexibility index (Phi) is 4.98. The smallest absolute Gasteiger partial charge is 0.257 e. The van der Waals surface area contributed by atoms with Crippen LogP contribution in [-0.4, -0.2) is 29.9 Å². The molecule has 0 heterocycles. The Balaban J connectivity index is 2.26. The first-order valence-corrected chi connectivity index (χ1v) is 7.32. The molecule has 2 rings (SSSR count). The van der Waals surface area contributed by atoms with Crippen molar-refractivity contribution in [3.05, 3.63) is 35.1 Å². The van der Waals surface area contributed by atoms with Gasteiger partial charge in [-0.1, -0.05) is 11.8 Å². The lowest BCUT2D eigenvalue weighted by Crippen LogP contribution is -2.39. The molecule has 1 fully saturated rings. The maximum atomic E-state index is 14.0. The number of benzene rings is 1. The SMILES string of the molecule is CC(C)N(CC1CC1)C(=O)c1cc(C#CCN)ccc1F. The van der Waals surface area contributed by atoms with Gasteiger partial charge in [0, 0.05) is 18.2 Å². The molecule has 1 amide bonds. The summed E-state index contributed by atoms with van der Waals surface area (Å²) in [7, 11) is 0. The van der Waals surface area contributed by atoms with Crippen LogP contribution in [0, 0.1) is 23.6 Å². The predicted molar refractivity (Wildman–Crippen MR) is 81.2 cm³/mol. The second-order valence-electron chi connectivity index (χ2n) is 5.70. The van der Waals surface area contributed by atoms with Gasteiger partial charge >= 0.3 is 0 Å². The maximum Gasteiger partial charge on any atom is 0.257 e. The fourth-order valence-electron chi connectivity index (χ4n) is 2.18. The molecule has 2 N–H and O–H groups in total. The summed E-state index contributed by atoms with van der Waals surface area (Å²) in [6.07, 6.45) is 2.31. The van der Waals surface area contributed by atoms with Crippen molar-refractivity contribution in [3.63, 3.8) is 0 Å². The first-order chi connectivity index (χ1) is 10.0. The van der Waals surface area contributed by atoms with Crippen LogP contribution in [0.15, 0.2) is 18.2 Å². The summed E-state index contributed by atoms with van der Waals surface area (Å²) in [5.41, 5.74) is 6.03. The fraction of sp³-hybridized carbons (Fsp3) is 0.471. The monoisotopic (exact) mass is 288 g/mol. The first kappa shape index (κ1) is 15.5. The molecule has 0 saturated heterocycles. The Bertz CT molecular complexity index is 582. The van der Waals surface area contributed by atoms with Crippen molar-refractivity contribution in [2.24, 2.45) is 11.7 Å². The minimum Gasteiger partial charge on any atom is -0.336 e. The summed E-state index contributed by atoms with van der Waals surface area (Å²) < 4.78 is 14.0. The van der Waals surface area contributed by atoms with Crippen molar-refractivity contribution in [3.8, 4) is 11.8 Å². The molecule has 0 bridgehead atoms. The van der Waals surface area contributed by atoms with Crippen LogP contribution in [-0.2, 0) is 0 Å². The molecule has 1 aliphatic carbocycles. The van der Waals surface area contributed by atoms with E-state index in [4.69, 9.17) is 5.73 Å². The Morgan fingerprint density at radius 3 is 2.76 bits per heavy atom. The number of carbonyl (C=O) groups excluding carboxylic acids is 1. The van der Waals surface area contributed by atoms with Crippen LogP contribution in [0.1, 0.15) is 42.6 Å². The fourth-order valence-corrected chi connectivity index (χ4v) is 2.18. The topological polar surface area (TPSA) is 46.3 Å². The normalized spacial score (nSPS) is 13.8. The quantitative estimate of drug-likeness (QED) is 0.865. The van der Waals surface area contributed by atoms with Gasteiger partial charge in [0.25, 0.3) is 5.91 Å². The number of halogens is 1. The van der Waals surface area contributed by atoms with Gasteiger partial charge in [-0.05, 0) is 50.8 Å². The van der Waals surface area contributed by atoms with Gasteiger partial charge in [0.2, 0.25) is 0 Å². The van der Waals surface area contributed by atoms with E-state index in [0.29, 0.717) is 18.0 Å². The van der Waals surface area contributed by atoms with E-state index in [1.54, 1.807) is 11.0 Å². The molecule has 3 nitrogen and oxygen atoms in total. The van der Waals surface area contributed by atoms with Crippen LogP contribution >= 0.6 is 0 Å². The van der Waals surface area contributed by atoms with Crippen LogP contribution in [0.3, 0.4) is 0 Å². The minimum absolute atomic E-state index is 0.0521. The van der Waals surface area contributed by atoms with E-state index >= 15 is 0 Å². The molecular weight excluding hydrogens is 267 g/mol.